The van der Waals surface area contributed by atoms with Crippen LogP contribution in [0.2, 0.25) is 0 Å². The van der Waals surface area contributed by atoms with Crippen molar-refractivity contribution < 1.29 is 9.18 Å². The van der Waals surface area contributed by atoms with Gasteiger partial charge in [-0.15, -0.1) is 11.8 Å². The molecule has 2 N–H and O–H groups in total. The average molecular weight is 320 g/mol. The molecule has 5 nitrogen and oxygen atoms in total. The fourth-order valence-electron chi connectivity index (χ4n) is 3.48. The first-order valence-electron chi connectivity index (χ1n) is 7.44. The van der Waals surface area contributed by atoms with Gasteiger partial charge in [0.15, 0.2) is 0 Å². The zero-order valence-electron chi connectivity index (χ0n) is 11.9. The van der Waals surface area contributed by atoms with Gasteiger partial charge >= 0.3 is 6.03 Å². The molecular formula is C15H17FN4OS. The summed E-state index contributed by atoms with van der Waals surface area (Å²) in [6.07, 6.45) is 3.35. The van der Waals surface area contributed by atoms with E-state index < -0.39 is 5.82 Å². The van der Waals surface area contributed by atoms with Crippen LogP contribution in [0.5, 0.6) is 0 Å². The van der Waals surface area contributed by atoms with E-state index in [1.54, 1.807) is 16.7 Å². The lowest BCUT2D eigenvalue weighted by molar-refractivity contribution is 0.207. The van der Waals surface area contributed by atoms with Crippen LogP contribution < -0.4 is 10.6 Å². The number of carbonyl (C=O) groups excluding carboxylic acids is 1. The van der Waals surface area contributed by atoms with E-state index in [0.717, 1.165) is 13.1 Å². The zero-order valence-corrected chi connectivity index (χ0v) is 12.7. The molecule has 0 bridgehead atoms. The predicted molar refractivity (Wildman–Crippen MR) is 82.1 cm³/mol. The minimum Gasteiger partial charge on any atom is -0.332 e. The highest BCUT2D eigenvalue weighted by atomic mass is 32.2. The quantitative estimate of drug-likeness (QED) is 0.891. The Morgan fingerprint density at radius 2 is 2.32 bits per heavy atom. The fraction of sp³-hybridized carbons (Fsp3) is 0.467. The molecule has 1 aromatic heterocycles. The monoisotopic (exact) mass is 320 g/mol. The smallest absolute Gasteiger partial charge is 0.322 e. The van der Waals surface area contributed by atoms with Crippen molar-refractivity contribution in [2.45, 2.75) is 11.9 Å². The first-order valence-corrected chi connectivity index (χ1v) is 8.38. The van der Waals surface area contributed by atoms with Gasteiger partial charge in [0, 0.05) is 12.4 Å². The van der Waals surface area contributed by atoms with Gasteiger partial charge in [-0.05, 0) is 48.4 Å². The molecule has 0 radical (unpaired) electrons. The number of nitrogens with zero attached hydrogens (tertiary/aromatic N) is 2. The standard InChI is InChI=1S/C15H17FN4OS/c16-11-2-1-3-18-12(11)8-19-15(21)20-4-5-22-14(20)13-9-6-17-7-10(9)13/h1-5,9-10,13-14,17H,6-8H2,(H,19,21)/t9-,10+,13?,14?. The summed E-state index contributed by atoms with van der Waals surface area (Å²) in [5, 5.41) is 8.28. The molecule has 1 saturated carbocycles. The number of halogens is 1. The topological polar surface area (TPSA) is 57.3 Å². The first kappa shape index (κ1) is 14.0. The SMILES string of the molecule is O=C(NCc1ncccc1F)N1C=CSC1C1[C@H]2CNC[C@@H]12. The number of hydrogen-bond donors (Lipinski definition) is 2. The maximum Gasteiger partial charge on any atom is 0.322 e. The van der Waals surface area contributed by atoms with Crippen LogP contribution in [0, 0.1) is 23.6 Å². The van der Waals surface area contributed by atoms with Gasteiger partial charge in [-0.2, -0.15) is 0 Å². The van der Waals surface area contributed by atoms with Crippen molar-refractivity contribution in [2.24, 2.45) is 17.8 Å². The van der Waals surface area contributed by atoms with Gasteiger partial charge in [0.25, 0.3) is 0 Å². The number of aromatic nitrogens is 1. The third-order valence-electron chi connectivity index (χ3n) is 4.68. The van der Waals surface area contributed by atoms with E-state index in [2.05, 4.69) is 15.6 Å². The summed E-state index contributed by atoms with van der Waals surface area (Å²) in [5.41, 5.74) is 0.260. The number of amides is 2. The van der Waals surface area contributed by atoms with Gasteiger partial charge in [-0.25, -0.2) is 9.18 Å². The van der Waals surface area contributed by atoms with Crippen LogP contribution >= 0.6 is 11.8 Å². The Morgan fingerprint density at radius 1 is 1.50 bits per heavy atom. The summed E-state index contributed by atoms with van der Waals surface area (Å²) in [6.45, 7) is 2.22. The van der Waals surface area contributed by atoms with Gasteiger partial charge in [-0.3, -0.25) is 9.88 Å². The molecule has 4 rings (SSSR count). The van der Waals surface area contributed by atoms with Crippen LogP contribution in [0.15, 0.2) is 29.9 Å². The van der Waals surface area contributed by atoms with Crippen molar-refractivity contribution in [1.29, 1.82) is 0 Å². The molecule has 4 atom stereocenters. The number of thioether (sulfide) groups is 1. The lowest BCUT2D eigenvalue weighted by Gasteiger charge is -2.24. The van der Waals surface area contributed by atoms with Crippen molar-refractivity contribution in [2.75, 3.05) is 13.1 Å². The highest BCUT2D eigenvalue weighted by Crippen LogP contribution is 2.55. The highest BCUT2D eigenvalue weighted by Gasteiger charge is 2.58. The van der Waals surface area contributed by atoms with Gasteiger partial charge < -0.3 is 10.6 Å². The van der Waals surface area contributed by atoms with Crippen LogP contribution in [-0.4, -0.2) is 34.4 Å². The normalized spacial score (nSPS) is 32.1. The Labute approximate surface area is 132 Å². The van der Waals surface area contributed by atoms with E-state index in [0.29, 0.717) is 17.8 Å². The zero-order chi connectivity index (χ0) is 15.1. The van der Waals surface area contributed by atoms with E-state index >= 15 is 0 Å². The lowest BCUT2D eigenvalue weighted by Crippen LogP contribution is -2.41. The third-order valence-corrected chi connectivity index (χ3v) is 5.78. The van der Waals surface area contributed by atoms with E-state index in [4.69, 9.17) is 0 Å². The van der Waals surface area contributed by atoms with E-state index in [-0.39, 0.29) is 23.6 Å². The minimum absolute atomic E-state index is 0.103. The lowest BCUT2D eigenvalue weighted by atomic mass is 10.2. The Hall–Kier alpha value is -1.60. The van der Waals surface area contributed by atoms with E-state index in [9.17, 15) is 9.18 Å². The van der Waals surface area contributed by atoms with Crippen molar-refractivity contribution in [1.82, 2.24) is 20.5 Å². The number of nitrogens with one attached hydrogen (secondary N) is 2. The highest BCUT2D eigenvalue weighted by molar-refractivity contribution is 8.02. The molecule has 2 fully saturated rings. The molecule has 1 aromatic rings. The number of fused-ring (bicyclic) bond motifs is 1. The summed E-state index contributed by atoms with van der Waals surface area (Å²) in [4.78, 5) is 18.1. The molecule has 1 saturated heterocycles. The molecule has 0 aromatic carbocycles. The Morgan fingerprint density at radius 3 is 3.09 bits per heavy atom. The number of carbonyl (C=O) groups is 1. The molecule has 3 heterocycles. The summed E-state index contributed by atoms with van der Waals surface area (Å²) in [7, 11) is 0. The summed E-state index contributed by atoms with van der Waals surface area (Å²) in [6, 6.07) is 2.70. The van der Waals surface area contributed by atoms with E-state index in [1.807, 2.05) is 11.6 Å². The van der Waals surface area contributed by atoms with Gasteiger partial charge in [0.1, 0.15) is 5.82 Å². The molecule has 0 spiro atoms. The molecule has 2 amide bonds. The molecule has 22 heavy (non-hydrogen) atoms. The second kappa shape index (κ2) is 5.55. The number of pyridine rings is 1. The minimum atomic E-state index is -0.395. The first-order chi connectivity index (χ1) is 10.8. The molecular weight excluding hydrogens is 303 g/mol. The van der Waals surface area contributed by atoms with Crippen LogP contribution in [0.1, 0.15) is 5.69 Å². The number of piperidine rings is 1. The fourth-order valence-corrected chi connectivity index (χ4v) is 4.72. The van der Waals surface area contributed by atoms with Crippen LogP contribution in [0.3, 0.4) is 0 Å². The molecule has 7 heteroatoms. The number of rotatable bonds is 3. The van der Waals surface area contributed by atoms with E-state index in [1.165, 1.54) is 18.3 Å². The van der Waals surface area contributed by atoms with Crippen LogP contribution in [-0.2, 0) is 6.54 Å². The molecule has 2 unspecified atom stereocenters. The molecule has 116 valence electrons. The number of urea groups is 1. The Kier molecular flexibility index (Phi) is 3.54. The van der Waals surface area contributed by atoms with Gasteiger partial charge in [0.05, 0.1) is 17.6 Å². The second-order valence-corrected chi connectivity index (χ2v) is 6.90. The van der Waals surface area contributed by atoms with Crippen LogP contribution in [0.25, 0.3) is 0 Å². The largest absolute Gasteiger partial charge is 0.332 e. The molecule has 2 aliphatic heterocycles. The van der Waals surface area contributed by atoms with Gasteiger partial charge in [0.2, 0.25) is 0 Å². The summed E-state index contributed by atoms with van der Waals surface area (Å²) >= 11 is 1.70. The second-order valence-electron chi connectivity index (χ2n) is 5.87. The maximum atomic E-state index is 13.5. The van der Waals surface area contributed by atoms with Crippen molar-refractivity contribution in [3.8, 4) is 0 Å². The predicted octanol–water partition coefficient (Wildman–Crippen LogP) is 1.74. The molecule has 1 aliphatic carbocycles. The third kappa shape index (κ3) is 2.38. The Bertz CT molecular complexity index is 615. The van der Waals surface area contributed by atoms with Gasteiger partial charge in [-0.1, -0.05) is 0 Å². The average Bonchev–Trinajstić information content (AvgIpc) is 2.94. The summed E-state index contributed by atoms with van der Waals surface area (Å²) in [5.74, 6) is 1.56. The maximum absolute atomic E-state index is 13.5. The van der Waals surface area contributed by atoms with Crippen molar-refractivity contribution in [3.05, 3.63) is 41.4 Å². The van der Waals surface area contributed by atoms with Crippen molar-refractivity contribution >= 4 is 17.8 Å². The molecule has 3 aliphatic rings. The Balaban J connectivity index is 1.37. The van der Waals surface area contributed by atoms with Crippen LogP contribution in [0.4, 0.5) is 9.18 Å². The summed E-state index contributed by atoms with van der Waals surface area (Å²) < 4.78 is 13.5. The number of hydrogen-bond acceptors (Lipinski definition) is 4. The van der Waals surface area contributed by atoms with Crippen molar-refractivity contribution in [3.63, 3.8) is 0 Å².